The number of hydrogen-bond donors (Lipinski definition) is 1. The number of fused-ring (bicyclic) bond motifs is 1. The van der Waals surface area contributed by atoms with Gasteiger partial charge in [0.1, 0.15) is 35.5 Å². The predicted molar refractivity (Wildman–Crippen MR) is 145 cm³/mol. The van der Waals surface area contributed by atoms with Crippen LogP contribution in [-0.2, 0) is 11.4 Å². The van der Waals surface area contributed by atoms with Crippen molar-refractivity contribution < 1.29 is 45.7 Å². The minimum absolute atomic E-state index is 0.120. The summed E-state index contributed by atoms with van der Waals surface area (Å²) in [6.45, 7) is -0.950. The van der Waals surface area contributed by atoms with Crippen LogP contribution >= 0.6 is 11.6 Å². The third-order valence-electron chi connectivity index (χ3n) is 6.49. The fourth-order valence-electron chi connectivity index (χ4n) is 4.38. The molecule has 4 aromatic rings. The van der Waals surface area contributed by atoms with Gasteiger partial charge in [-0.2, -0.15) is 14.0 Å². The van der Waals surface area contributed by atoms with Crippen molar-refractivity contribution in [3.63, 3.8) is 0 Å². The van der Waals surface area contributed by atoms with E-state index in [0.717, 1.165) is 5.56 Å². The smallest absolute Gasteiger partial charge is 0.349 e. The van der Waals surface area contributed by atoms with Crippen LogP contribution in [0.15, 0.2) is 78.2 Å². The van der Waals surface area contributed by atoms with E-state index in [1.165, 1.54) is 18.2 Å². The fourth-order valence-corrected chi connectivity index (χ4v) is 4.57. The van der Waals surface area contributed by atoms with Gasteiger partial charge in [0.25, 0.3) is 0 Å². The van der Waals surface area contributed by atoms with Gasteiger partial charge in [0.05, 0.1) is 5.92 Å². The first-order valence-corrected chi connectivity index (χ1v) is 13.0. The Hall–Kier alpha value is -5.28. The molecule has 0 spiro atoms. The highest BCUT2D eigenvalue weighted by Gasteiger charge is 2.31. The number of ether oxygens (including phenoxy) is 4. The van der Waals surface area contributed by atoms with Crippen molar-refractivity contribution in [2.45, 2.75) is 12.5 Å². The maximum atomic E-state index is 13.8. The zero-order chi connectivity index (χ0) is 31.5. The second-order valence-electron chi connectivity index (χ2n) is 9.24. The maximum absolute atomic E-state index is 13.8. The zero-order valence-electron chi connectivity index (χ0n) is 22.2. The summed E-state index contributed by atoms with van der Waals surface area (Å²) in [5, 5.41) is 10.4. The Morgan fingerprint density at radius 3 is 2.18 bits per heavy atom. The second kappa shape index (κ2) is 12.5. The predicted octanol–water partition coefficient (Wildman–Crippen LogP) is 6.82. The van der Waals surface area contributed by atoms with Crippen molar-refractivity contribution in [2.75, 3.05) is 6.61 Å². The molecule has 1 unspecified atom stereocenters. The quantitative estimate of drug-likeness (QED) is 0.0751. The molecule has 2 N–H and O–H groups in total. The van der Waals surface area contributed by atoms with E-state index >= 15 is 0 Å². The van der Waals surface area contributed by atoms with Crippen molar-refractivity contribution in [3.8, 4) is 29.1 Å². The maximum Gasteiger partial charge on any atom is 0.349 e. The summed E-state index contributed by atoms with van der Waals surface area (Å²) in [4.78, 5) is 12.3. The number of rotatable bonds is 8. The number of carbonyl (C=O) groups is 1. The fraction of sp³-hybridized carbons (Fsp3) is 0.0968. The third-order valence-corrected chi connectivity index (χ3v) is 6.86. The highest BCUT2D eigenvalue weighted by atomic mass is 35.5. The average molecular weight is 629 g/mol. The molecule has 1 atom stereocenters. The number of nitriles is 1. The molecule has 0 bridgehead atoms. The molecule has 1 aliphatic heterocycles. The van der Waals surface area contributed by atoms with Gasteiger partial charge in [-0.05, 0) is 29.8 Å². The number of halogens is 6. The molecule has 0 saturated carbocycles. The van der Waals surface area contributed by atoms with Crippen LogP contribution in [0.4, 0.5) is 22.0 Å². The van der Waals surface area contributed by atoms with Gasteiger partial charge in [-0.1, -0.05) is 48.0 Å². The van der Waals surface area contributed by atoms with Gasteiger partial charge in [-0.15, -0.1) is 0 Å². The number of benzene rings is 4. The van der Waals surface area contributed by atoms with Crippen LogP contribution in [0.3, 0.4) is 0 Å². The topological polar surface area (TPSA) is 104 Å². The number of allylic oxidation sites excluding steroid dienone is 1. The number of esters is 1. The molecule has 0 aliphatic carbocycles. The van der Waals surface area contributed by atoms with Crippen molar-refractivity contribution >= 4 is 17.6 Å². The van der Waals surface area contributed by atoms with Gasteiger partial charge < -0.3 is 24.7 Å². The summed E-state index contributed by atoms with van der Waals surface area (Å²) in [6, 6.07) is 20.4. The number of nitrogens with zero attached hydrogens (tertiary/aromatic N) is 1. The van der Waals surface area contributed by atoms with Crippen LogP contribution in [0.25, 0.3) is 0 Å². The Bertz CT molecular complexity index is 1810. The van der Waals surface area contributed by atoms with Crippen LogP contribution in [0, 0.1) is 40.4 Å². The summed E-state index contributed by atoms with van der Waals surface area (Å²) in [5.74, 6) is -14.4. The lowest BCUT2D eigenvalue weighted by molar-refractivity contribution is -0.136. The lowest BCUT2D eigenvalue weighted by Gasteiger charge is -2.26. The summed E-state index contributed by atoms with van der Waals surface area (Å²) >= 11 is 6.18. The lowest BCUT2D eigenvalue weighted by Crippen LogP contribution is -2.22. The van der Waals surface area contributed by atoms with Gasteiger partial charge in [0.2, 0.25) is 35.0 Å². The van der Waals surface area contributed by atoms with Crippen LogP contribution in [0.2, 0.25) is 5.02 Å². The summed E-state index contributed by atoms with van der Waals surface area (Å²) in [6.07, 6.45) is 0. The molecule has 0 radical (unpaired) electrons. The minimum atomic E-state index is -2.37. The van der Waals surface area contributed by atoms with Gasteiger partial charge >= 0.3 is 5.97 Å². The molecule has 13 heteroatoms. The van der Waals surface area contributed by atoms with E-state index in [-0.39, 0.29) is 29.6 Å². The van der Waals surface area contributed by atoms with Gasteiger partial charge in [-0.25, -0.2) is 18.0 Å². The van der Waals surface area contributed by atoms with Crippen molar-refractivity contribution in [3.05, 3.63) is 129 Å². The van der Waals surface area contributed by atoms with E-state index in [2.05, 4.69) is 10.8 Å². The highest BCUT2D eigenvalue weighted by Crippen LogP contribution is 2.43. The standard InChI is InChI=1S/C31H18ClF5N2O5/c32-21-4-2-1-3-16(21)13-41-17-7-5-15(6-8-17)24-19-10-9-18(11-22(19)44-31(39)20(24)12-38)43-23(40)14-42-30-28(36)26(34)25(33)27(35)29(30)37/h1-11,24H,13-14,39H2. The molecular formula is C31H18ClF5N2O5. The second-order valence-corrected chi connectivity index (χ2v) is 9.64. The minimum Gasteiger partial charge on any atom is -0.489 e. The zero-order valence-corrected chi connectivity index (χ0v) is 22.9. The molecule has 1 aliphatic rings. The first-order chi connectivity index (χ1) is 21.1. The Morgan fingerprint density at radius 2 is 1.52 bits per heavy atom. The molecule has 7 nitrogen and oxygen atoms in total. The first kappa shape index (κ1) is 30.2. The van der Waals surface area contributed by atoms with Crippen LogP contribution in [-0.4, -0.2) is 12.6 Å². The van der Waals surface area contributed by atoms with Crippen molar-refractivity contribution in [2.24, 2.45) is 5.73 Å². The van der Waals surface area contributed by atoms with E-state index in [4.69, 9.17) is 31.5 Å². The van der Waals surface area contributed by atoms with Crippen molar-refractivity contribution in [1.82, 2.24) is 0 Å². The Morgan fingerprint density at radius 1 is 0.886 bits per heavy atom. The molecule has 224 valence electrons. The van der Waals surface area contributed by atoms with Crippen molar-refractivity contribution in [1.29, 1.82) is 5.26 Å². The van der Waals surface area contributed by atoms with Crippen LogP contribution in [0.5, 0.6) is 23.0 Å². The Kier molecular flexibility index (Phi) is 8.59. The number of carbonyl (C=O) groups excluding carboxylic acids is 1. The number of hydrogen-bond acceptors (Lipinski definition) is 7. The highest BCUT2D eigenvalue weighted by molar-refractivity contribution is 6.31. The average Bonchev–Trinajstić information content (AvgIpc) is 3.02. The van der Waals surface area contributed by atoms with E-state index in [1.807, 2.05) is 18.2 Å². The van der Waals surface area contributed by atoms with E-state index in [0.29, 0.717) is 21.9 Å². The molecule has 44 heavy (non-hydrogen) atoms. The first-order valence-electron chi connectivity index (χ1n) is 12.6. The molecule has 1 heterocycles. The lowest BCUT2D eigenvalue weighted by atomic mass is 9.83. The van der Waals surface area contributed by atoms with E-state index < -0.39 is 53.3 Å². The molecule has 5 rings (SSSR count). The van der Waals surface area contributed by atoms with Gasteiger partial charge in [-0.3, -0.25) is 0 Å². The van der Waals surface area contributed by atoms with Gasteiger partial charge in [0, 0.05) is 22.2 Å². The summed E-state index contributed by atoms with van der Waals surface area (Å²) in [5.41, 5.74) is 8.12. The van der Waals surface area contributed by atoms with E-state index in [9.17, 15) is 32.0 Å². The Balaban J connectivity index is 1.31. The molecule has 4 aromatic carbocycles. The monoisotopic (exact) mass is 628 g/mol. The largest absolute Gasteiger partial charge is 0.489 e. The molecule has 0 saturated heterocycles. The summed E-state index contributed by atoms with van der Waals surface area (Å²) < 4.78 is 88.7. The normalized spacial score (nSPS) is 13.9. The Labute approximate surface area is 251 Å². The molecule has 0 aromatic heterocycles. The number of nitrogens with two attached hydrogens (primary N) is 1. The third kappa shape index (κ3) is 5.95. The molecule has 0 amide bonds. The van der Waals surface area contributed by atoms with Gasteiger partial charge in [0.15, 0.2) is 12.4 Å². The van der Waals surface area contributed by atoms with Crippen LogP contribution in [0.1, 0.15) is 22.6 Å². The molecule has 0 fully saturated rings. The SMILES string of the molecule is N#CC1=C(N)Oc2cc(OC(=O)COc3c(F)c(F)c(F)c(F)c3F)ccc2C1c1ccc(OCc2ccccc2Cl)cc1. The molecular weight excluding hydrogens is 611 g/mol. The van der Waals surface area contributed by atoms with E-state index in [1.54, 1.807) is 30.3 Å². The summed E-state index contributed by atoms with van der Waals surface area (Å²) in [7, 11) is 0. The van der Waals surface area contributed by atoms with Crippen LogP contribution < -0.4 is 24.7 Å².